The van der Waals surface area contributed by atoms with Gasteiger partial charge >= 0.3 is 0 Å². The van der Waals surface area contributed by atoms with Crippen molar-refractivity contribution in [3.05, 3.63) is 47.5 Å². The Morgan fingerprint density at radius 3 is 2.68 bits per heavy atom. The number of hydrogen-bond donors (Lipinski definition) is 2. The zero-order chi connectivity index (χ0) is 13.7. The van der Waals surface area contributed by atoms with Crippen molar-refractivity contribution in [3.8, 4) is 0 Å². The number of nitrogens with one attached hydrogen (secondary N) is 2. The average Bonchev–Trinajstić information content (AvgIpc) is 2.41. The minimum atomic E-state index is -0.191. The first-order valence-corrected chi connectivity index (χ1v) is 6.18. The van der Waals surface area contributed by atoms with Crippen LogP contribution in [0.1, 0.15) is 11.1 Å². The van der Waals surface area contributed by atoms with Crippen LogP contribution in [0.5, 0.6) is 0 Å². The van der Waals surface area contributed by atoms with Crippen LogP contribution < -0.4 is 10.6 Å². The fraction of sp³-hybridized carbons (Fsp3) is 0.286. The molecule has 2 aromatic rings. The summed E-state index contributed by atoms with van der Waals surface area (Å²) in [5, 5.41) is 6.18. The molecule has 1 aromatic heterocycles. The predicted molar refractivity (Wildman–Crippen MR) is 74.9 cm³/mol. The maximum Gasteiger partial charge on any atom is 0.131 e. The second kappa shape index (κ2) is 6.13. The van der Waals surface area contributed by atoms with Crippen LogP contribution in [0.25, 0.3) is 0 Å². The Hall–Kier alpha value is -2.17. The first-order chi connectivity index (χ1) is 9.19. The number of aryl methyl sites for hydroxylation is 1. The van der Waals surface area contributed by atoms with Crippen LogP contribution in [-0.4, -0.2) is 23.6 Å². The van der Waals surface area contributed by atoms with Crippen LogP contribution in [0.15, 0.2) is 30.6 Å². The molecular weight excluding hydrogens is 243 g/mol. The van der Waals surface area contributed by atoms with E-state index in [2.05, 4.69) is 20.6 Å². The predicted octanol–water partition coefficient (Wildman–Crippen LogP) is 2.62. The second-order valence-corrected chi connectivity index (χ2v) is 4.29. The van der Waals surface area contributed by atoms with E-state index in [4.69, 9.17) is 0 Å². The molecule has 0 spiro atoms. The Bertz CT molecular complexity index is 557. The smallest absolute Gasteiger partial charge is 0.131 e. The van der Waals surface area contributed by atoms with E-state index >= 15 is 0 Å². The van der Waals surface area contributed by atoms with Crippen molar-refractivity contribution in [1.29, 1.82) is 0 Å². The molecule has 0 atom stereocenters. The topological polar surface area (TPSA) is 49.8 Å². The van der Waals surface area contributed by atoms with Gasteiger partial charge in [0.05, 0.1) is 0 Å². The summed E-state index contributed by atoms with van der Waals surface area (Å²) in [6.07, 6.45) is 2.34. The molecule has 0 unspecified atom stereocenters. The van der Waals surface area contributed by atoms with Crippen molar-refractivity contribution in [2.24, 2.45) is 0 Å². The zero-order valence-electron chi connectivity index (χ0n) is 11.1. The molecule has 0 aliphatic carbocycles. The third-order valence-corrected chi connectivity index (χ3v) is 2.93. The molecular formula is C14H17FN4. The van der Waals surface area contributed by atoms with E-state index in [9.17, 15) is 4.39 Å². The van der Waals surface area contributed by atoms with E-state index in [-0.39, 0.29) is 5.82 Å². The third-order valence-electron chi connectivity index (χ3n) is 2.93. The van der Waals surface area contributed by atoms with Gasteiger partial charge in [0.2, 0.25) is 0 Å². The molecule has 100 valence electrons. The minimum absolute atomic E-state index is 0.191. The van der Waals surface area contributed by atoms with Crippen LogP contribution in [0.2, 0.25) is 0 Å². The molecule has 0 saturated heterocycles. The first kappa shape index (κ1) is 13.3. The van der Waals surface area contributed by atoms with Gasteiger partial charge in [-0.25, -0.2) is 14.4 Å². The lowest BCUT2D eigenvalue weighted by atomic mass is 10.1. The Morgan fingerprint density at radius 2 is 1.95 bits per heavy atom. The normalized spacial score (nSPS) is 10.3. The van der Waals surface area contributed by atoms with Crippen LogP contribution in [0, 0.1) is 12.7 Å². The summed E-state index contributed by atoms with van der Waals surface area (Å²) in [7, 11) is 1.81. The number of anilines is 2. The minimum Gasteiger partial charge on any atom is -0.373 e. The number of nitrogens with zero attached hydrogens (tertiary/aromatic N) is 2. The summed E-state index contributed by atoms with van der Waals surface area (Å²) in [5.41, 5.74) is 2.11. The summed E-state index contributed by atoms with van der Waals surface area (Å²) in [4.78, 5) is 8.18. The lowest BCUT2D eigenvalue weighted by Crippen LogP contribution is -2.08. The number of aromatic nitrogens is 2. The molecule has 0 aliphatic rings. The quantitative estimate of drug-likeness (QED) is 0.867. The number of halogens is 1. The van der Waals surface area contributed by atoms with E-state index in [0.29, 0.717) is 0 Å². The first-order valence-electron chi connectivity index (χ1n) is 6.18. The molecule has 0 amide bonds. The van der Waals surface area contributed by atoms with Crippen molar-refractivity contribution in [3.63, 3.8) is 0 Å². The Labute approximate surface area is 112 Å². The molecule has 19 heavy (non-hydrogen) atoms. The molecule has 0 bridgehead atoms. The second-order valence-electron chi connectivity index (χ2n) is 4.29. The Morgan fingerprint density at radius 1 is 1.16 bits per heavy atom. The molecule has 0 fully saturated rings. The highest BCUT2D eigenvalue weighted by Crippen LogP contribution is 2.12. The lowest BCUT2D eigenvalue weighted by Gasteiger charge is -2.08. The lowest BCUT2D eigenvalue weighted by molar-refractivity contribution is 0.625. The summed E-state index contributed by atoms with van der Waals surface area (Å²) >= 11 is 0. The molecule has 4 nitrogen and oxygen atoms in total. The van der Waals surface area contributed by atoms with E-state index in [1.165, 1.54) is 12.4 Å². The highest BCUT2D eigenvalue weighted by atomic mass is 19.1. The van der Waals surface area contributed by atoms with Crippen molar-refractivity contribution < 1.29 is 4.39 Å². The molecule has 1 aromatic carbocycles. The molecule has 5 heteroatoms. The van der Waals surface area contributed by atoms with Crippen LogP contribution in [-0.2, 0) is 6.42 Å². The summed E-state index contributed by atoms with van der Waals surface area (Å²) in [5.74, 6) is 1.36. The van der Waals surface area contributed by atoms with Gasteiger partial charge in [-0.3, -0.25) is 0 Å². The number of benzene rings is 1. The molecule has 2 N–H and O–H groups in total. The maximum atomic E-state index is 13.0. The van der Waals surface area contributed by atoms with Gasteiger partial charge in [-0.1, -0.05) is 6.07 Å². The van der Waals surface area contributed by atoms with Crippen LogP contribution in [0.3, 0.4) is 0 Å². The molecule has 0 radical (unpaired) electrons. The largest absolute Gasteiger partial charge is 0.373 e. The number of rotatable bonds is 5. The highest BCUT2D eigenvalue weighted by Gasteiger charge is 2.01. The molecule has 1 heterocycles. The van der Waals surface area contributed by atoms with Gasteiger partial charge in [0.1, 0.15) is 23.8 Å². The van der Waals surface area contributed by atoms with Gasteiger partial charge in [0, 0.05) is 19.7 Å². The third kappa shape index (κ3) is 3.64. The van der Waals surface area contributed by atoms with Crippen LogP contribution >= 0.6 is 0 Å². The molecule has 2 rings (SSSR count). The van der Waals surface area contributed by atoms with E-state index in [0.717, 1.165) is 35.7 Å². The van der Waals surface area contributed by atoms with Gasteiger partial charge in [0.15, 0.2) is 0 Å². The summed E-state index contributed by atoms with van der Waals surface area (Å²) in [6.45, 7) is 2.66. The fourth-order valence-corrected chi connectivity index (χ4v) is 1.86. The maximum absolute atomic E-state index is 13.0. The standard InChI is InChI=1S/C14H17FN4/c1-10-7-12(15)4-3-11(10)5-6-17-14-8-13(16-2)18-9-19-14/h3-4,7-9H,5-6H2,1-2H3,(H2,16,17,18,19). The van der Waals surface area contributed by atoms with Gasteiger partial charge in [-0.2, -0.15) is 0 Å². The van der Waals surface area contributed by atoms with E-state index in [1.54, 1.807) is 6.07 Å². The zero-order valence-corrected chi connectivity index (χ0v) is 11.1. The number of hydrogen-bond acceptors (Lipinski definition) is 4. The van der Waals surface area contributed by atoms with Crippen molar-refractivity contribution >= 4 is 11.6 Å². The van der Waals surface area contributed by atoms with Gasteiger partial charge in [-0.15, -0.1) is 0 Å². The molecule has 0 saturated carbocycles. The monoisotopic (exact) mass is 260 g/mol. The van der Waals surface area contributed by atoms with E-state index < -0.39 is 0 Å². The van der Waals surface area contributed by atoms with E-state index in [1.807, 2.05) is 26.1 Å². The van der Waals surface area contributed by atoms with Gasteiger partial charge in [0.25, 0.3) is 0 Å². The Kier molecular flexibility index (Phi) is 4.28. The Balaban J connectivity index is 1.92. The van der Waals surface area contributed by atoms with Crippen molar-refractivity contribution in [2.45, 2.75) is 13.3 Å². The fourth-order valence-electron chi connectivity index (χ4n) is 1.86. The summed E-state index contributed by atoms with van der Waals surface area (Å²) < 4.78 is 13.0. The van der Waals surface area contributed by atoms with Crippen molar-refractivity contribution in [1.82, 2.24) is 9.97 Å². The van der Waals surface area contributed by atoms with Gasteiger partial charge < -0.3 is 10.6 Å². The van der Waals surface area contributed by atoms with Gasteiger partial charge in [-0.05, 0) is 36.6 Å². The van der Waals surface area contributed by atoms with Crippen molar-refractivity contribution in [2.75, 3.05) is 24.2 Å². The highest BCUT2D eigenvalue weighted by molar-refractivity contribution is 5.46. The average molecular weight is 260 g/mol. The SMILES string of the molecule is CNc1cc(NCCc2ccc(F)cc2C)ncn1. The molecule has 0 aliphatic heterocycles. The summed E-state index contributed by atoms with van der Waals surface area (Å²) in [6, 6.07) is 6.72. The van der Waals surface area contributed by atoms with Crippen LogP contribution in [0.4, 0.5) is 16.0 Å².